The molecule has 0 aliphatic heterocycles. The van der Waals surface area contributed by atoms with Gasteiger partial charge >= 0.3 is 5.97 Å². The Morgan fingerprint density at radius 1 is 1.21 bits per heavy atom. The van der Waals surface area contributed by atoms with Crippen LogP contribution in [0, 0.1) is 0 Å². The van der Waals surface area contributed by atoms with Gasteiger partial charge in [0.2, 0.25) is 0 Å². The largest absolute Gasteiger partial charge is 0.480 e. The Balaban J connectivity index is 2.81. The van der Waals surface area contributed by atoms with E-state index in [0.29, 0.717) is 5.56 Å². The number of aliphatic carboxylic acids is 1. The van der Waals surface area contributed by atoms with Crippen LogP contribution in [0.5, 0.6) is 0 Å². The van der Waals surface area contributed by atoms with Gasteiger partial charge in [-0.15, -0.1) is 0 Å². The van der Waals surface area contributed by atoms with Gasteiger partial charge in [-0.05, 0) is 23.1 Å². The summed E-state index contributed by atoms with van der Waals surface area (Å²) in [6, 6.07) is 5.68. The number of hydrogen-bond donors (Lipinski definition) is 3. The van der Waals surface area contributed by atoms with Gasteiger partial charge < -0.3 is 15.5 Å². The fraction of sp³-hybridized carbons (Fsp3) is 0.429. The van der Waals surface area contributed by atoms with E-state index in [2.05, 4.69) is 26.1 Å². The first-order valence-electron chi connectivity index (χ1n) is 6.01. The van der Waals surface area contributed by atoms with Crippen LogP contribution in [-0.4, -0.2) is 34.7 Å². The van der Waals surface area contributed by atoms with E-state index in [1.54, 1.807) is 12.1 Å². The number of aliphatic hydroxyl groups excluding tert-OH is 1. The van der Waals surface area contributed by atoms with Crippen LogP contribution in [0.25, 0.3) is 0 Å². The second-order valence-corrected chi connectivity index (χ2v) is 5.37. The first-order valence-corrected chi connectivity index (χ1v) is 6.01. The number of rotatable bonds is 4. The van der Waals surface area contributed by atoms with Crippen molar-refractivity contribution in [3.05, 3.63) is 35.4 Å². The van der Waals surface area contributed by atoms with Crippen LogP contribution in [0.1, 0.15) is 36.7 Å². The molecule has 1 atom stereocenters. The molecule has 0 radical (unpaired) electrons. The van der Waals surface area contributed by atoms with E-state index in [9.17, 15) is 9.59 Å². The van der Waals surface area contributed by atoms with Crippen LogP contribution in [-0.2, 0) is 10.2 Å². The van der Waals surface area contributed by atoms with E-state index in [-0.39, 0.29) is 5.41 Å². The smallest absolute Gasteiger partial charge is 0.328 e. The average Bonchev–Trinajstić information content (AvgIpc) is 2.34. The molecule has 5 heteroatoms. The zero-order valence-corrected chi connectivity index (χ0v) is 11.3. The Labute approximate surface area is 112 Å². The van der Waals surface area contributed by atoms with E-state index >= 15 is 0 Å². The minimum absolute atomic E-state index is 0.0102. The molecule has 0 fully saturated rings. The predicted molar refractivity (Wildman–Crippen MR) is 71.1 cm³/mol. The van der Waals surface area contributed by atoms with Gasteiger partial charge in [0.25, 0.3) is 5.91 Å². The molecule has 19 heavy (non-hydrogen) atoms. The lowest BCUT2D eigenvalue weighted by Gasteiger charge is -2.19. The van der Waals surface area contributed by atoms with Gasteiger partial charge in [0.05, 0.1) is 6.61 Å². The van der Waals surface area contributed by atoms with Crippen LogP contribution in [0.15, 0.2) is 24.3 Å². The van der Waals surface area contributed by atoms with Crippen molar-refractivity contribution in [3.8, 4) is 0 Å². The van der Waals surface area contributed by atoms with Crippen molar-refractivity contribution in [3.63, 3.8) is 0 Å². The zero-order chi connectivity index (χ0) is 14.6. The Hall–Kier alpha value is -1.88. The summed E-state index contributed by atoms with van der Waals surface area (Å²) < 4.78 is 0. The van der Waals surface area contributed by atoms with Crippen LogP contribution >= 0.6 is 0 Å². The fourth-order valence-corrected chi connectivity index (χ4v) is 1.55. The van der Waals surface area contributed by atoms with E-state index in [1.807, 2.05) is 12.1 Å². The van der Waals surface area contributed by atoms with E-state index in [1.165, 1.54) is 0 Å². The number of carboxylic acids is 1. The monoisotopic (exact) mass is 265 g/mol. The highest BCUT2D eigenvalue weighted by atomic mass is 16.4. The lowest BCUT2D eigenvalue weighted by Crippen LogP contribution is -2.43. The highest BCUT2D eigenvalue weighted by Gasteiger charge is 2.20. The molecule has 0 heterocycles. The first-order chi connectivity index (χ1) is 8.75. The summed E-state index contributed by atoms with van der Waals surface area (Å²) in [6.07, 6.45) is 0. The number of aliphatic hydroxyl groups is 1. The number of benzene rings is 1. The Morgan fingerprint density at radius 2 is 1.74 bits per heavy atom. The topological polar surface area (TPSA) is 86.6 Å². The van der Waals surface area contributed by atoms with Gasteiger partial charge in [0, 0.05) is 5.56 Å². The molecule has 104 valence electrons. The molecule has 0 bridgehead atoms. The van der Waals surface area contributed by atoms with Crippen LogP contribution < -0.4 is 5.32 Å². The van der Waals surface area contributed by atoms with Crippen LogP contribution in [0.3, 0.4) is 0 Å². The second kappa shape index (κ2) is 5.84. The maximum Gasteiger partial charge on any atom is 0.328 e. The van der Waals surface area contributed by atoms with E-state index in [0.717, 1.165) is 5.56 Å². The molecule has 0 unspecified atom stereocenters. The molecule has 0 saturated heterocycles. The quantitative estimate of drug-likeness (QED) is 0.762. The lowest BCUT2D eigenvalue weighted by molar-refractivity contribution is -0.140. The highest BCUT2D eigenvalue weighted by molar-refractivity contribution is 5.96. The van der Waals surface area contributed by atoms with Crippen molar-refractivity contribution in [1.29, 1.82) is 0 Å². The van der Waals surface area contributed by atoms with Crippen molar-refractivity contribution < 1.29 is 19.8 Å². The van der Waals surface area contributed by atoms with Crippen molar-refractivity contribution >= 4 is 11.9 Å². The molecular formula is C14H19NO4. The molecule has 0 saturated carbocycles. The molecule has 0 aromatic heterocycles. The highest BCUT2D eigenvalue weighted by Crippen LogP contribution is 2.22. The summed E-state index contributed by atoms with van der Waals surface area (Å²) in [7, 11) is 0. The molecule has 5 nitrogen and oxygen atoms in total. The molecule has 0 aliphatic rings. The molecule has 1 aromatic carbocycles. The summed E-state index contributed by atoms with van der Waals surface area (Å²) in [4.78, 5) is 22.5. The predicted octanol–water partition coefficient (Wildman–Crippen LogP) is 1.16. The number of amides is 1. The van der Waals surface area contributed by atoms with Crippen molar-refractivity contribution in [2.75, 3.05) is 6.61 Å². The van der Waals surface area contributed by atoms with E-state index < -0.39 is 24.5 Å². The van der Waals surface area contributed by atoms with Crippen LogP contribution in [0.4, 0.5) is 0 Å². The molecular weight excluding hydrogens is 246 g/mol. The van der Waals surface area contributed by atoms with Crippen molar-refractivity contribution in [1.82, 2.24) is 5.32 Å². The summed E-state index contributed by atoms with van der Waals surface area (Å²) in [5.74, 6) is -1.77. The zero-order valence-electron chi connectivity index (χ0n) is 11.3. The molecule has 1 amide bonds. The van der Waals surface area contributed by atoms with Crippen molar-refractivity contribution in [2.24, 2.45) is 0 Å². The van der Waals surface area contributed by atoms with Crippen LogP contribution in [0.2, 0.25) is 0 Å². The molecule has 0 spiro atoms. The second-order valence-electron chi connectivity index (χ2n) is 5.37. The van der Waals surface area contributed by atoms with Gasteiger partial charge in [-0.1, -0.05) is 32.9 Å². The molecule has 0 aliphatic carbocycles. The van der Waals surface area contributed by atoms with Gasteiger partial charge in [0.15, 0.2) is 6.04 Å². The summed E-state index contributed by atoms with van der Waals surface area (Å²) in [6.45, 7) is 5.55. The minimum Gasteiger partial charge on any atom is -0.480 e. The third-order valence-corrected chi connectivity index (χ3v) is 2.80. The Kier molecular flexibility index (Phi) is 4.67. The Bertz CT molecular complexity index is 459. The number of carboxylic acid groups (broad SMARTS) is 1. The molecule has 1 rings (SSSR count). The summed E-state index contributed by atoms with van der Waals surface area (Å²) >= 11 is 0. The van der Waals surface area contributed by atoms with Gasteiger partial charge in [0.1, 0.15) is 0 Å². The summed E-state index contributed by atoms with van der Waals surface area (Å²) in [5.41, 5.74) is 1.44. The third kappa shape index (κ3) is 4.06. The lowest BCUT2D eigenvalue weighted by atomic mass is 9.86. The number of hydrogen-bond acceptors (Lipinski definition) is 3. The normalized spacial score (nSPS) is 12.8. The maximum atomic E-state index is 11.8. The summed E-state index contributed by atoms with van der Waals surface area (Å²) in [5, 5.41) is 19.8. The average molecular weight is 265 g/mol. The molecule has 3 N–H and O–H groups in total. The SMILES string of the molecule is CC(C)(C)c1ccc(C(=O)N[C@@H](CO)C(=O)O)cc1. The van der Waals surface area contributed by atoms with Crippen molar-refractivity contribution in [2.45, 2.75) is 32.2 Å². The maximum absolute atomic E-state index is 11.8. The number of nitrogens with one attached hydrogen (secondary N) is 1. The number of carbonyl (C=O) groups is 2. The number of carbonyl (C=O) groups excluding carboxylic acids is 1. The van der Waals surface area contributed by atoms with Gasteiger partial charge in [-0.3, -0.25) is 4.79 Å². The fourth-order valence-electron chi connectivity index (χ4n) is 1.55. The van der Waals surface area contributed by atoms with Gasteiger partial charge in [-0.2, -0.15) is 0 Å². The minimum atomic E-state index is -1.28. The Morgan fingerprint density at radius 3 is 2.11 bits per heavy atom. The molecule has 1 aromatic rings. The third-order valence-electron chi connectivity index (χ3n) is 2.80. The standard InChI is InChI=1S/C14H19NO4/c1-14(2,3)10-6-4-9(5-7-10)12(17)15-11(8-16)13(18)19/h4-7,11,16H,8H2,1-3H3,(H,15,17)(H,18,19)/t11-/m0/s1. The first kappa shape index (κ1) is 15.2. The van der Waals surface area contributed by atoms with Gasteiger partial charge in [-0.25, -0.2) is 4.79 Å². The van der Waals surface area contributed by atoms with E-state index in [4.69, 9.17) is 10.2 Å².